The lowest BCUT2D eigenvalue weighted by Gasteiger charge is -2.05. The molecule has 0 spiro atoms. The Morgan fingerprint density at radius 2 is 2.25 bits per heavy atom. The van der Waals surface area contributed by atoms with Crippen molar-refractivity contribution in [1.82, 2.24) is 15.0 Å². The maximum absolute atomic E-state index is 13.1. The van der Waals surface area contributed by atoms with Crippen LogP contribution in [0.1, 0.15) is 6.42 Å². The van der Waals surface area contributed by atoms with E-state index < -0.39 is 0 Å². The first-order valence-corrected chi connectivity index (χ1v) is 5.16. The number of rotatable bonds is 4. The molecular formula is C11H13FN4. The van der Waals surface area contributed by atoms with Gasteiger partial charge in [-0.3, -0.25) is 0 Å². The Labute approximate surface area is 92.9 Å². The van der Waals surface area contributed by atoms with Gasteiger partial charge in [0, 0.05) is 12.1 Å². The molecule has 5 heteroatoms. The van der Waals surface area contributed by atoms with Crippen LogP contribution in [0.3, 0.4) is 0 Å². The first-order chi connectivity index (χ1) is 7.81. The van der Waals surface area contributed by atoms with Gasteiger partial charge in [-0.05, 0) is 25.1 Å². The topological polar surface area (TPSA) is 56.7 Å². The van der Waals surface area contributed by atoms with E-state index in [4.69, 9.17) is 5.73 Å². The highest BCUT2D eigenvalue weighted by Crippen LogP contribution is 2.18. The predicted molar refractivity (Wildman–Crippen MR) is 59.1 cm³/mol. The summed E-state index contributed by atoms with van der Waals surface area (Å²) in [5.41, 5.74) is 7.03. The van der Waals surface area contributed by atoms with Crippen molar-refractivity contribution in [3.63, 3.8) is 0 Å². The van der Waals surface area contributed by atoms with Gasteiger partial charge < -0.3 is 5.73 Å². The molecule has 2 aromatic rings. The summed E-state index contributed by atoms with van der Waals surface area (Å²) in [6.45, 7) is 1.30. The van der Waals surface area contributed by atoms with Crippen LogP contribution in [-0.2, 0) is 6.54 Å². The minimum absolute atomic E-state index is 0.260. The van der Waals surface area contributed by atoms with Gasteiger partial charge in [0.05, 0.1) is 11.9 Å². The van der Waals surface area contributed by atoms with E-state index >= 15 is 0 Å². The summed E-state index contributed by atoms with van der Waals surface area (Å²) in [5, 5.41) is 7.78. The highest BCUT2D eigenvalue weighted by molar-refractivity contribution is 5.58. The molecule has 2 N–H and O–H groups in total. The third-order valence-corrected chi connectivity index (χ3v) is 2.31. The van der Waals surface area contributed by atoms with Crippen molar-refractivity contribution in [3.05, 3.63) is 36.3 Å². The first-order valence-electron chi connectivity index (χ1n) is 5.16. The number of nitrogens with zero attached hydrogens (tertiary/aromatic N) is 3. The van der Waals surface area contributed by atoms with E-state index in [2.05, 4.69) is 10.3 Å². The summed E-state index contributed by atoms with van der Waals surface area (Å²) >= 11 is 0. The summed E-state index contributed by atoms with van der Waals surface area (Å²) in [5.74, 6) is -0.260. The highest BCUT2D eigenvalue weighted by Gasteiger charge is 2.06. The average Bonchev–Trinajstić information content (AvgIpc) is 2.74. The largest absolute Gasteiger partial charge is 0.330 e. The number of nitrogens with two attached hydrogens (primary N) is 1. The molecule has 2 rings (SSSR count). The Hall–Kier alpha value is -1.75. The van der Waals surface area contributed by atoms with E-state index in [-0.39, 0.29) is 5.82 Å². The highest BCUT2D eigenvalue weighted by atomic mass is 19.1. The van der Waals surface area contributed by atoms with Gasteiger partial charge in [0.1, 0.15) is 5.82 Å². The zero-order valence-electron chi connectivity index (χ0n) is 8.81. The molecule has 1 aromatic heterocycles. The SMILES string of the molecule is NCCCn1nncc1-c1cccc(F)c1. The molecule has 0 fully saturated rings. The van der Waals surface area contributed by atoms with Crippen molar-refractivity contribution < 1.29 is 4.39 Å². The number of hydrogen-bond acceptors (Lipinski definition) is 3. The minimum atomic E-state index is -0.260. The summed E-state index contributed by atoms with van der Waals surface area (Å²) in [6, 6.07) is 6.39. The molecule has 0 aliphatic heterocycles. The van der Waals surface area contributed by atoms with E-state index in [0.717, 1.165) is 17.7 Å². The van der Waals surface area contributed by atoms with E-state index in [0.29, 0.717) is 13.1 Å². The predicted octanol–water partition coefficient (Wildman–Crippen LogP) is 1.43. The third-order valence-electron chi connectivity index (χ3n) is 2.31. The van der Waals surface area contributed by atoms with Gasteiger partial charge in [0.2, 0.25) is 0 Å². The Bertz CT molecular complexity index is 467. The zero-order chi connectivity index (χ0) is 11.4. The van der Waals surface area contributed by atoms with Gasteiger partial charge in [-0.15, -0.1) is 5.10 Å². The number of benzene rings is 1. The lowest BCUT2D eigenvalue weighted by Crippen LogP contribution is -2.08. The summed E-state index contributed by atoms with van der Waals surface area (Å²) < 4.78 is 14.8. The standard InChI is InChI=1S/C11H13FN4/c12-10-4-1-3-9(7-10)11-8-14-15-16(11)6-2-5-13/h1,3-4,7-8H,2,5-6,13H2. The van der Waals surface area contributed by atoms with Crippen LogP contribution in [0.2, 0.25) is 0 Å². The van der Waals surface area contributed by atoms with Gasteiger partial charge in [-0.1, -0.05) is 17.3 Å². The van der Waals surface area contributed by atoms with E-state index in [1.807, 2.05) is 6.07 Å². The molecule has 0 saturated carbocycles. The second-order valence-corrected chi connectivity index (χ2v) is 3.49. The van der Waals surface area contributed by atoms with Crippen molar-refractivity contribution in [2.24, 2.45) is 5.73 Å². The maximum atomic E-state index is 13.1. The third kappa shape index (κ3) is 2.25. The van der Waals surface area contributed by atoms with Crippen molar-refractivity contribution in [3.8, 4) is 11.3 Å². The molecular weight excluding hydrogens is 207 g/mol. The van der Waals surface area contributed by atoms with Gasteiger partial charge in [0.25, 0.3) is 0 Å². The van der Waals surface area contributed by atoms with Crippen LogP contribution in [0.5, 0.6) is 0 Å². The van der Waals surface area contributed by atoms with Gasteiger partial charge in [-0.25, -0.2) is 9.07 Å². The van der Waals surface area contributed by atoms with Crippen molar-refractivity contribution in [2.45, 2.75) is 13.0 Å². The smallest absolute Gasteiger partial charge is 0.123 e. The first kappa shape index (κ1) is 10.8. The van der Waals surface area contributed by atoms with E-state index in [9.17, 15) is 4.39 Å². The Morgan fingerprint density at radius 3 is 3.00 bits per heavy atom. The number of aromatic nitrogens is 3. The molecule has 0 aliphatic rings. The lowest BCUT2D eigenvalue weighted by atomic mass is 10.1. The van der Waals surface area contributed by atoms with E-state index in [1.165, 1.54) is 12.1 Å². The van der Waals surface area contributed by atoms with Crippen LogP contribution >= 0.6 is 0 Å². The van der Waals surface area contributed by atoms with Crippen LogP contribution in [0.15, 0.2) is 30.5 Å². The fourth-order valence-corrected chi connectivity index (χ4v) is 1.54. The van der Waals surface area contributed by atoms with E-state index in [1.54, 1.807) is 16.9 Å². The molecule has 16 heavy (non-hydrogen) atoms. The maximum Gasteiger partial charge on any atom is 0.123 e. The van der Waals surface area contributed by atoms with Crippen LogP contribution in [-0.4, -0.2) is 21.5 Å². The second kappa shape index (κ2) is 4.85. The van der Waals surface area contributed by atoms with Gasteiger partial charge in [-0.2, -0.15) is 0 Å². The molecule has 0 unspecified atom stereocenters. The molecule has 0 aliphatic carbocycles. The zero-order valence-corrected chi connectivity index (χ0v) is 8.81. The van der Waals surface area contributed by atoms with Crippen molar-refractivity contribution >= 4 is 0 Å². The number of halogens is 1. The van der Waals surface area contributed by atoms with Crippen LogP contribution < -0.4 is 5.73 Å². The number of aryl methyl sites for hydroxylation is 1. The molecule has 0 bridgehead atoms. The molecule has 0 amide bonds. The molecule has 1 aromatic carbocycles. The summed E-state index contributed by atoms with van der Waals surface area (Å²) in [7, 11) is 0. The second-order valence-electron chi connectivity index (χ2n) is 3.49. The molecule has 84 valence electrons. The molecule has 0 saturated heterocycles. The normalized spacial score (nSPS) is 10.6. The van der Waals surface area contributed by atoms with Crippen molar-refractivity contribution in [2.75, 3.05) is 6.54 Å². The van der Waals surface area contributed by atoms with Crippen LogP contribution in [0, 0.1) is 5.82 Å². The Morgan fingerprint density at radius 1 is 1.38 bits per heavy atom. The van der Waals surface area contributed by atoms with Gasteiger partial charge in [0.15, 0.2) is 0 Å². The Balaban J connectivity index is 2.29. The van der Waals surface area contributed by atoms with Crippen molar-refractivity contribution in [1.29, 1.82) is 0 Å². The fraction of sp³-hybridized carbons (Fsp3) is 0.273. The summed E-state index contributed by atoms with van der Waals surface area (Å²) in [4.78, 5) is 0. The Kier molecular flexibility index (Phi) is 3.26. The number of hydrogen-bond donors (Lipinski definition) is 1. The molecule has 0 radical (unpaired) electrons. The van der Waals surface area contributed by atoms with Crippen LogP contribution in [0.4, 0.5) is 4.39 Å². The average molecular weight is 220 g/mol. The minimum Gasteiger partial charge on any atom is -0.330 e. The van der Waals surface area contributed by atoms with Crippen LogP contribution in [0.25, 0.3) is 11.3 Å². The molecule has 4 nitrogen and oxygen atoms in total. The quantitative estimate of drug-likeness (QED) is 0.848. The summed E-state index contributed by atoms with van der Waals surface area (Å²) in [6.07, 6.45) is 2.46. The molecule has 1 heterocycles. The molecule has 0 atom stereocenters. The monoisotopic (exact) mass is 220 g/mol. The van der Waals surface area contributed by atoms with Gasteiger partial charge >= 0.3 is 0 Å². The lowest BCUT2D eigenvalue weighted by molar-refractivity contribution is 0.568. The fourth-order valence-electron chi connectivity index (χ4n) is 1.54.